The molecule has 0 unspecified atom stereocenters. The lowest BCUT2D eigenvalue weighted by molar-refractivity contribution is -0.145. The third-order valence-electron chi connectivity index (χ3n) is 5.08. The summed E-state index contributed by atoms with van der Waals surface area (Å²) in [5.41, 5.74) is 5.62. The molecular weight excluding hydrogens is 300 g/mol. The van der Waals surface area contributed by atoms with E-state index in [0.29, 0.717) is 5.56 Å². The number of hydrogen-bond acceptors (Lipinski definition) is 4. The van der Waals surface area contributed by atoms with Crippen molar-refractivity contribution in [2.75, 3.05) is 0 Å². The molecule has 0 aliphatic heterocycles. The Kier molecular flexibility index (Phi) is 3.40. The lowest BCUT2D eigenvalue weighted by Gasteiger charge is -2.25. The van der Waals surface area contributed by atoms with E-state index in [4.69, 9.17) is 5.73 Å². The van der Waals surface area contributed by atoms with Gasteiger partial charge in [0.25, 0.3) is 5.91 Å². The third-order valence-corrected chi connectivity index (χ3v) is 5.08. The van der Waals surface area contributed by atoms with E-state index in [1.54, 1.807) is 25.1 Å². The van der Waals surface area contributed by atoms with Gasteiger partial charge >= 0.3 is 11.9 Å². The minimum absolute atomic E-state index is 0.0407. The summed E-state index contributed by atoms with van der Waals surface area (Å²) in [7, 11) is 0. The molecule has 2 fully saturated rings. The predicted octanol–water partition coefficient (Wildman–Crippen LogP) is 0.226. The van der Waals surface area contributed by atoms with E-state index in [0.717, 1.165) is 5.56 Å². The summed E-state index contributed by atoms with van der Waals surface area (Å²) in [4.78, 5) is 35.1. The van der Waals surface area contributed by atoms with Crippen LogP contribution >= 0.6 is 0 Å². The average molecular weight is 318 g/mol. The maximum Gasteiger partial charge on any atom is 0.324 e. The second kappa shape index (κ2) is 5.06. The number of carboxylic acid groups (broad SMARTS) is 2. The van der Waals surface area contributed by atoms with Gasteiger partial charge in [0, 0.05) is 17.5 Å². The van der Waals surface area contributed by atoms with Crippen molar-refractivity contribution in [1.82, 2.24) is 5.32 Å². The highest BCUT2D eigenvalue weighted by molar-refractivity contribution is 5.96. The van der Waals surface area contributed by atoms with Gasteiger partial charge < -0.3 is 21.3 Å². The zero-order valence-corrected chi connectivity index (χ0v) is 12.5. The monoisotopic (exact) mass is 318 g/mol. The van der Waals surface area contributed by atoms with Crippen molar-refractivity contribution in [3.05, 3.63) is 35.4 Å². The Balaban J connectivity index is 1.82. The highest BCUT2D eigenvalue weighted by Gasteiger charge is 2.74. The number of benzene rings is 1. The van der Waals surface area contributed by atoms with E-state index in [9.17, 15) is 24.6 Å². The van der Waals surface area contributed by atoms with Gasteiger partial charge in [-0.05, 0) is 30.9 Å². The molecule has 0 heterocycles. The summed E-state index contributed by atoms with van der Waals surface area (Å²) in [6.45, 7) is 1.80. The Bertz CT molecular complexity index is 703. The lowest BCUT2D eigenvalue weighted by atomic mass is 9.90. The van der Waals surface area contributed by atoms with Gasteiger partial charge in [0.2, 0.25) is 0 Å². The Morgan fingerprint density at radius 2 is 1.91 bits per heavy atom. The third kappa shape index (κ3) is 2.28. The summed E-state index contributed by atoms with van der Waals surface area (Å²) in [5.74, 6) is -4.50. The molecule has 122 valence electrons. The molecule has 0 spiro atoms. The number of fused-ring (bicyclic) bond motifs is 1. The number of hydrogen-bond donors (Lipinski definition) is 4. The average Bonchev–Trinajstić information content (AvgIpc) is 3.16. The zero-order chi connectivity index (χ0) is 16.9. The van der Waals surface area contributed by atoms with Crippen LogP contribution in [-0.4, -0.2) is 39.6 Å². The molecule has 3 rings (SSSR count). The van der Waals surface area contributed by atoms with Crippen LogP contribution in [0.1, 0.15) is 22.3 Å². The second-order valence-corrected chi connectivity index (χ2v) is 6.41. The molecule has 2 aliphatic rings. The molecule has 1 amide bonds. The predicted molar refractivity (Wildman–Crippen MR) is 79.7 cm³/mol. The van der Waals surface area contributed by atoms with Crippen LogP contribution in [0.3, 0.4) is 0 Å². The number of carbonyl (C=O) groups is 3. The summed E-state index contributed by atoms with van der Waals surface area (Å²) in [5, 5.41) is 21.4. The largest absolute Gasteiger partial charge is 0.481 e. The molecule has 7 heteroatoms. The topological polar surface area (TPSA) is 130 Å². The summed E-state index contributed by atoms with van der Waals surface area (Å²) >= 11 is 0. The first-order valence-corrected chi connectivity index (χ1v) is 7.39. The molecule has 23 heavy (non-hydrogen) atoms. The van der Waals surface area contributed by atoms with Crippen LogP contribution in [-0.2, 0) is 9.59 Å². The number of rotatable bonds is 4. The molecule has 1 aromatic carbocycles. The molecule has 2 aliphatic carbocycles. The van der Waals surface area contributed by atoms with E-state index in [1.165, 1.54) is 0 Å². The maximum absolute atomic E-state index is 12.4. The minimum Gasteiger partial charge on any atom is -0.481 e. The maximum atomic E-state index is 12.4. The second-order valence-electron chi connectivity index (χ2n) is 6.41. The fourth-order valence-electron chi connectivity index (χ4n) is 3.90. The molecule has 1 aromatic rings. The smallest absolute Gasteiger partial charge is 0.324 e. The van der Waals surface area contributed by atoms with Crippen LogP contribution in [0.2, 0.25) is 0 Å². The van der Waals surface area contributed by atoms with E-state index >= 15 is 0 Å². The number of nitrogens with two attached hydrogens (primary N) is 1. The van der Waals surface area contributed by atoms with E-state index in [-0.39, 0.29) is 12.3 Å². The van der Waals surface area contributed by atoms with Crippen molar-refractivity contribution in [2.24, 2.45) is 23.5 Å². The molecule has 0 radical (unpaired) electrons. The number of carbonyl (C=O) groups excluding carboxylic acids is 1. The van der Waals surface area contributed by atoms with Crippen LogP contribution in [0.5, 0.6) is 0 Å². The van der Waals surface area contributed by atoms with Crippen molar-refractivity contribution in [2.45, 2.75) is 24.9 Å². The van der Waals surface area contributed by atoms with E-state index < -0.39 is 41.3 Å². The first kappa shape index (κ1) is 15.5. The van der Waals surface area contributed by atoms with Crippen LogP contribution < -0.4 is 11.1 Å². The fraction of sp³-hybridized carbons (Fsp3) is 0.438. The highest BCUT2D eigenvalue weighted by atomic mass is 16.4. The van der Waals surface area contributed by atoms with Gasteiger partial charge in [-0.25, -0.2) is 0 Å². The van der Waals surface area contributed by atoms with Gasteiger partial charge in [-0.3, -0.25) is 14.4 Å². The summed E-state index contributed by atoms with van der Waals surface area (Å²) in [6, 6.07) is 6.48. The number of amides is 1. The van der Waals surface area contributed by atoms with Crippen LogP contribution in [0.4, 0.5) is 0 Å². The molecule has 2 saturated carbocycles. The van der Waals surface area contributed by atoms with Gasteiger partial charge in [0.05, 0.1) is 5.92 Å². The zero-order valence-electron chi connectivity index (χ0n) is 12.5. The summed E-state index contributed by atoms with van der Waals surface area (Å²) < 4.78 is 0. The van der Waals surface area contributed by atoms with Crippen molar-refractivity contribution >= 4 is 17.8 Å². The van der Waals surface area contributed by atoms with Gasteiger partial charge in [-0.15, -0.1) is 0 Å². The van der Waals surface area contributed by atoms with Crippen molar-refractivity contribution in [3.63, 3.8) is 0 Å². The first-order chi connectivity index (χ1) is 10.8. The lowest BCUT2D eigenvalue weighted by Crippen LogP contribution is -2.52. The van der Waals surface area contributed by atoms with Crippen LogP contribution in [0, 0.1) is 24.7 Å². The SMILES string of the molecule is Cc1ccccc1C(=O)N[C@H]1C[C@@](N)(C(=O)O)[C@@H]2[C@@H](C(=O)O)[C@@H]21. The molecule has 0 saturated heterocycles. The molecule has 7 nitrogen and oxygen atoms in total. The van der Waals surface area contributed by atoms with Crippen LogP contribution in [0.25, 0.3) is 0 Å². The minimum atomic E-state index is -1.60. The van der Waals surface area contributed by atoms with Gasteiger partial charge in [0.15, 0.2) is 0 Å². The van der Waals surface area contributed by atoms with Gasteiger partial charge in [0.1, 0.15) is 5.54 Å². The normalized spacial score (nSPS) is 34.5. The van der Waals surface area contributed by atoms with Gasteiger partial charge in [-0.2, -0.15) is 0 Å². The molecule has 5 N–H and O–H groups in total. The summed E-state index contributed by atoms with van der Waals surface area (Å²) in [6.07, 6.45) is 0.0407. The Morgan fingerprint density at radius 3 is 2.48 bits per heavy atom. The van der Waals surface area contributed by atoms with Crippen molar-refractivity contribution < 1.29 is 24.6 Å². The standard InChI is InChI=1S/C16H18N2O5/c1-7-4-2-3-5-8(7)13(19)18-9-6-16(17,15(22)23)12-10(9)11(12)14(20)21/h2-5,9-12H,6,17H2,1H3,(H,18,19)(H,20,21)(H,22,23)/t9-,10-,11-,12-,16-/m0/s1. The number of carboxylic acids is 2. The van der Waals surface area contributed by atoms with Gasteiger partial charge in [-0.1, -0.05) is 18.2 Å². The van der Waals surface area contributed by atoms with E-state index in [2.05, 4.69) is 5.32 Å². The number of nitrogens with one attached hydrogen (secondary N) is 1. The quantitative estimate of drug-likeness (QED) is 0.628. The number of aryl methyl sites for hydroxylation is 1. The molecular formula is C16H18N2O5. The Hall–Kier alpha value is -2.41. The number of aliphatic carboxylic acids is 2. The fourth-order valence-corrected chi connectivity index (χ4v) is 3.90. The van der Waals surface area contributed by atoms with Crippen molar-refractivity contribution in [3.8, 4) is 0 Å². The molecule has 0 bridgehead atoms. The molecule has 5 atom stereocenters. The Labute approximate surface area is 132 Å². The van der Waals surface area contributed by atoms with E-state index in [1.807, 2.05) is 6.07 Å². The van der Waals surface area contributed by atoms with Crippen LogP contribution in [0.15, 0.2) is 24.3 Å². The Morgan fingerprint density at radius 1 is 1.26 bits per heavy atom. The molecule has 0 aromatic heterocycles. The highest BCUT2D eigenvalue weighted by Crippen LogP contribution is 2.61. The van der Waals surface area contributed by atoms with Crippen molar-refractivity contribution in [1.29, 1.82) is 0 Å². The first-order valence-electron chi connectivity index (χ1n) is 7.39.